The minimum atomic E-state index is -1.04. The second kappa shape index (κ2) is 7.92. The number of carbonyl (C=O) groups excluding carboxylic acids is 1. The highest BCUT2D eigenvalue weighted by atomic mass is 33.1. The van der Waals surface area contributed by atoms with Crippen molar-refractivity contribution >= 4 is 34.0 Å². The highest BCUT2D eigenvalue weighted by Gasteiger charge is 2.11. The van der Waals surface area contributed by atoms with Crippen LogP contribution in [0.4, 0.5) is 0 Å². The molecule has 0 bridgehead atoms. The molecule has 0 radical (unpaired) electrons. The second-order valence-electron chi connectivity index (χ2n) is 2.28. The van der Waals surface area contributed by atoms with E-state index in [0.717, 1.165) is 0 Å². The van der Waals surface area contributed by atoms with Crippen LogP contribution >= 0.6 is 21.6 Å². The average Bonchev–Trinajstić information content (AvgIpc) is 2.12. The Labute approximate surface area is 89.1 Å². The van der Waals surface area contributed by atoms with Crippen LogP contribution in [0.25, 0.3) is 0 Å². The minimum Gasteiger partial charge on any atom is -0.480 e. The van der Waals surface area contributed by atoms with Gasteiger partial charge in [-0.1, -0.05) is 21.6 Å². The van der Waals surface area contributed by atoms with Crippen molar-refractivity contribution in [3.63, 3.8) is 0 Å². The zero-order chi connectivity index (χ0) is 11.0. The summed E-state index contributed by atoms with van der Waals surface area (Å²) in [4.78, 5) is 20.1. The number of hydrogen-bond donors (Lipinski definition) is 3. The largest absolute Gasteiger partial charge is 0.480 e. The lowest BCUT2D eigenvalue weighted by Gasteiger charge is -2.09. The van der Waals surface area contributed by atoms with E-state index in [-0.39, 0.29) is 12.2 Å². The van der Waals surface area contributed by atoms with E-state index in [1.54, 1.807) is 0 Å². The number of nitrogens with two attached hydrogens (primary N) is 2. The first-order chi connectivity index (χ1) is 6.57. The Kier molecular flexibility index (Phi) is 7.67. The highest BCUT2D eigenvalue weighted by Crippen LogP contribution is 2.22. The summed E-state index contributed by atoms with van der Waals surface area (Å²) < 4.78 is 4.41. The van der Waals surface area contributed by atoms with Gasteiger partial charge in [0.15, 0.2) is 6.23 Å². The normalized spacial score (nSPS) is 14.4. The molecule has 2 unspecified atom stereocenters. The topological polar surface area (TPSA) is 116 Å². The van der Waals surface area contributed by atoms with Crippen LogP contribution in [0.3, 0.4) is 0 Å². The lowest BCUT2D eigenvalue weighted by molar-refractivity contribution is -0.138. The van der Waals surface area contributed by atoms with Crippen molar-refractivity contribution in [3.8, 4) is 0 Å². The Morgan fingerprint density at radius 3 is 2.50 bits per heavy atom. The van der Waals surface area contributed by atoms with E-state index in [1.165, 1.54) is 21.6 Å². The quantitative estimate of drug-likeness (QED) is 0.219. The van der Waals surface area contributed by atoms with E-state index >= 15 is 0 Å². The monoisotopic (exact) mass is 240 g/mol. The fraction of sp³-hybridized carbons (Fsp3) is 0.667. The summed E-state index contributed by atoms with van der Waals surface area (Å²) in [6, 6.07) is -0.879. The Morgan fingerprint density at radius 2 is 2.00 bits per heavy atom. The third-order valence-electron chi connectivity index (χ3n) is 1.11. The van der Waals surface area contributed by atoms with Crippen LogP contribution < -0.4 is 11.5 Å². The lowest BCUT2D eigenvalue weighted by Crippen LogP contribution is -2.32. The van der Waals surface area contributed by atoms with Crippen LogP contribution in [0, 0.1) is 0 Å². The molecule has 0 aromatic carbocycles. The number of carboxylic acid groups (broad SMARTS) is 1. The number of rotatable bonds is 8. The molecule has 8 heteroatoms. The van der Waals surface area contributed by atoms with Gasteiger partial charge in [0.25, 0.3) is 6.47 Å². The molecule has 0 amide bonds. The van der Waals surface area contributed by atoms with Crippen molar-refractivity contribution < 1.29 is 19.4 Å². The van der Waals surface area contributed by atoms with Crippen LogP contribution in [-0.2, 0) is 14.3 Å². The summed E-state index contributed by atoms with van der Waals surface area (Å²) >= 11 is 0. The van der Waals surface area contributed by atoms with E-state index < -0.39 is 18.2 Å². The molecule has 0 aliphatic heterocycles. The number of hydrogen-bond acceptors (Lipinski definition) is 7. The smallest absolute Gasteiger partial charge is 0.321 e. The summed E-state index contributed by atoms with van der Waals surface area (Å²) in [6.45, 7) is 0.277. The number of carbonyl (C=O) groups is 2. The molecular weight excluding hydrogens is 228 g/mol. The zero-order valence-electron chi connectivity index (χ0n) is 7.29. The summed E-state index contributed by atoms with van der Waals surface area (Å²) in [6.07, 6.45) is -0.661. The molecule has 0 fully saturated rings. The van der Waals surface area contributed by atoms with E-state index in [1.807, 2.05) is 0 Å². The fourth-order valence-electron chi connectivity index (χ4n) is 0.419. The van der Waals surface area contributed by atoms with E-state index in [0.29, 0.717) is 5.75 Å². The van der Waals surface area contributed by atoms with Gasteiger partial charge in [0, 0.05) is 5.75 Å². The number of ether oxygens (including phenoxy) is 1. The van der Waals surface area contributed by atoms with Gasteiger partial charge in [0.05, 0.1) is 5.75 Å². The van der Waals surface area contributed by atoms with Gasteiger partial charge in [-0.2, -0.15) is 0 Å². The van der Waals surface area contributed by atoms with Crippen molar-refractivity contribution in [2.75, 3.05) is 11.5 Å². The van der Waals surface area contributed by atoms with Crippen LogP contribution in [-0.4, -0.2) is 41.3 Å². The first kappa shape index (κ1) is 13.6. The third kappa shape index (κ3) is 7.01. The maximum Gasteiger partial charge on any atom is 0.321 e. The number of carboxylic acids is 1. The Hall–Kier alpha value is -0.440. The predicted molar refractivity (Wildman–Crippen MR) is 55.7 cm³/mol. The first-order valence-electron chi connectivity index (χ1n) is 3.65. The van der Waals surface area contributed by atoms with Crippen molar-refractivity contribution in [1.29, 1.82) is 0 Å². The molecule has 0 saturated heterocycles. The van der Waals surface area contributed by atoms with Gasteiger partial charge >= 0.3 is 5.97 Å². The molecule has 0 aromatic heterocycles. The second-order valence-corrected chi connectivity index (χ2v) is 4.84. The maximum atomic E-state index is 10.3. The minimum absolute atomic E-state index is 0.277. The van der Waals surface area contributed by atoms with Gasteiger partial charge in [-0.15, -0.1) is 0 Å². The maximum absolute atomic E-state index is 10.3. The van der Waals surface area contributed by atoms with E-state index in [4.69, 9.17) is 16.6 Å². The highest BCUT2D eigenvalue weighted by molar-refractivity contribution is 8.76. The van der Waals surface area contributed by atoms with Crippen molar-refractivity contribution in [1.82, 2.24) is 0 Å². The fourth-order valence-corrected chi connectivity index (χ4v) is 2.53. The molecule has 0 heterocycles. The Balaban J connectivity index is 3.37. The molecule has 6 nitrogen and oxygen atoms in total. The molecular formula is C6H12N2O4S2. The summed E-state index contributed by atoms with van der Waals surface area (Å²) in [5, 5.41) is 8.43. The third-order valence-corrected chi connectivity index (χ3v) is 3.55. The number of aliphatic carboxylic acids is 1. The predicted octanol–water partition coefficient (Wildman–Crippen LogP) is -0.763. The molecule has 0 rings (SSSR count). The van der Waals surface area contributed by atoms with Crippen LogP contribution in [0.2, 0.25) is 0 Å². The molecule has 82 valence electrons. The van der Waals surface area contributed by atoms with Crippen LogP contribution in [0.1, 0.15) is 0 Å². The van der Waals surface area contributed by atoms with Gasteiger partial charge in [0.2, 0.25) is 0 Å². The van der Waals surface area contributed by atoms with E-state index in [9.17, 15) is 9.59 Å². The van der Waals surface area contributed by atoms with Gasteiger partial charge in [0.1, 0.15) is 6.04 Å². The van der Waals surface area contributed by atoms with Crippen molar-refractivity contribution in [2.24, 2.45) is 11.5 Å². The summed E-state index contributed by atoms with van der Waals surface area (Å²) in [7, 11) is 2.59. The summed E-state index contributed by atoms with van der Waals surface area (Å²) in [5.41, 5.74) is 10.6. The zero-order valence-corrected chi connectivity index (χ0v) is 8.92. The van der Waals surface area contributed by atoms with Crippen LogP contribution in [0.15, 0.2) is 0 Å². The molecule has 5 N–H and O–H groups in total. The van der Waals surface area contributed by atoms with Gasteiger partial charge < -0.3 is 15.6 Å². The lowest BCUT2D eigenvalue weighted by atomic mass is 10.4. The van der Waals surface area contributed by atoms with E-state index in [2.05, 4.69) is 4.74 Å². The molecule has 0 aliphatic carbocycles. The van der Waals surface area contributed by atoms with Gasteiger partial charge in [-0.3, -0.25) is 15.3 Å². The molecule has 0 saturated carbocycles. The molecule has 14 heavy (non-hydrogen) atoms. The average molecular weight is 240 g/mol. The van der Waals surface area contributed by atoms with Crippen LogP contribution in [0.5, 0.6) is 0 Å². The first-order valence-corrected chi connectivity index (χ1v) is 6.14. The van der Waals surface area contributed by atoms with Crippen molar-refractivity contribution in [3.05, 3.63) is 0 Å². The Morgan fingerprint density at radius 1 is 1.43 bits per heavy atom. The molecule has 2 atom stereocenters. The van der Waals surface area contributed by atoms with Crippen molar-refractivity contribution in [2.45, 2.75) is 12.3 Å². The molecule has 0 aromatic rings. The standard InChI is InChI=1S/C6H12N2O4S2/c7-4(6(10)11)1-13-14-2-5(8)12-3-9/h3-5H,1-2,7-8H2,(H,10,11). The Bertz CT molecular complexity index is 193. The van der Waals surface area contributed by atoms with Gasteiger partial charge in [-0.25, -0.2) is 0 Å². The molecule has 0 aliphatic rings. The van der Waals surface area contributed by atoms with Gasteiger partial charge in [-0.05, 0) is 0 Å². The SMILES string of the molecule is NC(CSSCC(N)C(=O)O)OC=O. The molecule has 0 spiro atoms. The summed E-state index contributed by atoms with van der Waals surface area (Å²) in [5.74, 6) is -0.352.